The van der Waals surface area contributed by atoms with Crippen LogP contribution in [0.5, 0.6) is 5.75 Å². The van der Waals surface area contributed by atoms with Crippen molar-refractivity contribution in [1.82, 2.24) is 4.98 Å². The highest BCUT2D eigenvalue weighted by molar-refractivity contribution is 7.21. The molecule has 2 N–H and O–H groups in total. The molecule has 28 heavy (non-hydrogen) atoms. The molecule has 0 saturated carbocycles. The second-order valence-electron chi connectivity index (χ2n) is 6.01. The lowest BCUT2D eigenvalue weighted by atomic mass is 10.0. The van der Waals surface area contributed by atoms with Crippen LogP contribution in [0.4, 0.5) is 5.69 Å². The third-order valence-electron chi connectivity index (χ3n) is 4.33. The molecule has 0 aliphatic carbocycles. The fourth-order valence-electron chi connectivity index (χ4n) is 3.01. The predicted molar refractivity (Wildman–Crippen MR) is 110 cm³/mol. The van der Waals surface area contributed by atoms with Crippen LogP contribution in [0.2, 0.25) is 0 Å². The molecule has 0 radical (unpaired) electrons. The highest BCUT2D eigenvalue weighted by atomic mass is 32.1. The summed E-state index contributed by atoms with van der Waals surface area (Å²) in [5, 5.41) is 0.695. The molecule has 4 rings (SSSR count). The summed E-state index contributed by atoms with van der Waals surface area (Å²) in [5.74, 6) is 0.975. The van der Waals surface area contributed by atoms with Crippen LogP contribution in [0, 0.1) is 0 Å². The largest absolute Gasteiger partial charge is 0.497 e. The zero-order valence-corrected chi connectivity index (χ0v) is 16.2. The van der Waals surface area contributed by atoms with Gasteiger partial charge in [-0.3, -0.25) is 0 Å². The van der Waals surface area contributed by atoms with Crippen molar-refractivity contribution in [3.63, 3.8) is 0 Å². The van der Waals surface area contributed by atoms with E-state index >= 15 is 0 Å². The molecule has 0 unspecified atom stereocenters. The third kappa shape index (κ3) is 3.10. The summed E-state index contributed by atoms with van der Waals surface area (Å²) < 4.78 is 16.0. The van der Waals surface area contributed by atoms with Gasteiger partial charge in [0, 0.05) is 16.5 Å². The number of nitrogens with two attached hydrogens (primary N) is 1. The van der Waals surface area contributed by atoms with Gasteiger partial charge in [-0.15, -0.1) is 11.3 Å². The molecule has 0 amide bonds. The number of pyridine rings is 1. The maximum Gasteiger partial charge on any atom is 0.350 e. The number of benzene rings is 1. The topological polar surface area (TPSA) is 87.6 Å². The molecular formula is C21H18N2O4S. The van der Waals surface area contributed by atoms with Crippen LogP contribution in [0.3, 0.4) is 0 Å². The van der Waals surface area contributed by atoms with E-state index < -0.39 is 5.97 Å². The summed E-state index contributed by atoms with van der Waals surface area (Å²) in [6.07, 6.45) is 1.60. The molecule has 1 aromatic carbocycles. The van der Waals surface area contributed by atoms with Gasteiger partial charge in [-0.2, -0.15) is 0 Å². The molecule has 6 nitrogen and oxygen atoms in total. The molecular weight excluding hydrogens is 376 g/mol. The summed E-state index contributed by atoms with van der Waals surface area (Å²) in [5.41, 5.74) is 9.12. The maximum absolute atomic E-state index is 12.3. The van der Waals surface area contributed by atoms with Gasteiger partial charge in [0.15, 0.2) is 0 Å². The monoisotopic (exact) mass is 394 g/mol. The molecule has 0 saturated heterocycles. The molecule has 0 spiro atoms. The van der Waals surface area contributed by atoms with Crippen molar-refractivity contribution in [3.05, 3.63) is 53.6 Å². The smallest absolute Gasteiger partial charge is 0.350 e. The van der Waals surface area contributed by atoms with Gasteiger partial charge in [0.2, 0.25) is 0 Å². The average molecular weight is 394 g/mol. The predicted octanol–water partition coefficient (Wildman–Crippen LogP) is 4.99. The summed E-state index contributed by atoms with van der Waals surface area (Å²) in [6.45, 7) is 2.04. The number of anilines is 1. The van der Waals surface area contributed by atoms with E-state index in [1.165, 1.54) is 11.3 Å². The van der Waals surface area contributed by atoms with Crippen LogP contribution in [-0.4, -0.2) is 24.7 Å². The van der Waals surface area contributed by atoms with Gasteiger partial charge in [-0.05, 0) is 49.4 Å². The number of hydrogen-bond donors (Lipinski definition) is 1. The molecule has 3 aromatic heterocycles. The molecule has 0 aliphatic rings. The zero-order chi connectivity index (χ0) is 19.7. The van der Waals surface area contributed by atoms with Gasteiger partial charge in [-0.25, -0.2) is 9.78 Å². The first-order valence-electron chi connectivity index (χ1n) is 8.70. The second kappa shape index (κ2) is 7.36. The Morgan fingerprint density at radius 3 is 2.68 bits per heavy atom. The molecule has 0 fully saturated rings. The first-order chi connectivity index (χ1) is 13.6. The molecule has 142 valence electrons. The number of carbonyl (C=O) groups excluding carboxylic acids is 1. The molecule has 7 heteroatoms. The van der Waals surface area contributed by atoms with Gasteiger partial charge in [0.1, 0.15) is 21.2 Å². The number of thiophene rings is 1. The number of furan rings is 1. The Morgan fingerprint density at radius 2 is 2.04 bits per heavy atom. The number of nitrogens with zero attached hydrogens (tertiary/aromatic N) is 1. The quantitative estimate of drug-likeness (QED) is 0.480. The molecule has 0 aliphatic heterocycles. The maximum atomic E-state index is 12.3. The van der Waals surface area contributed by atoms with Crippen molar-refractivity contribution in [1.29, 1.82) is 0 Å². The van der Waals surface area contributed by atoms with Gasteiger partial charge >= 0.3 is 5.97 Å². The normalized spacial score (nSPS) is 10.9. The van der Waals surface area contributed by atoms with Crippen LogP contribution in [-0.2, 0) is 4.74 Å². The number of hydrogen-bond acceptors (Lipinski definition) is 7. The van der Waals surface area contributed by atoms with Gasteiger partial charge < -0.3 is 19.6 Å². The standard InChI is InChI=1S/C21H18N2O4S/c1-3-26-21(24)19-18(22)17-14(16-5-4-10-27-16)11-15(23-20(17)28-19)12-6-8-13(25-2)9-7-12/h4-11H,3,22H2,1-2H3. The lowest BCUT2D eigenvalue weighted by molar-refractivity contribution is 0.0533. The van der Waals surface area contributed by atoms with Crippen LogP contribution in [0.15, 0.2) is 53.1 Å². The fraction of sp³-hybridized carbons (Fsp3) is 0.143. The van der Waals surface area contributed by atoms with Crippen LogP contribution in [0.1, 0.15) is 16.6 Å². The van der Waals surface area contributed by atoms with Crippen molar-refractivity contribution in [2.45, 2.75) is 6.92 Å². The Labute approximate surface area is 165 Å². The molecule has 0 atom stereocenters. The minimum absolute atomic E-state index is 0.280. The number of rotatable bonds is 5. The second-order valence-corrected chi connectivity index (χ2v) is 7.01. The Morgan fingerprint density at radius 1 is 1.25 bits per heavy atom. The van der Waals surface area contributed by atoms with E-state index in [0.29, 0.717) is 26.5 Å². The highest BCUT2D eigenvalue weighted by Crippen LogP contribution is 2.41. The van der Waals surface area contributed by atoms with Crippen molar-refractivity contribution < 1.29 is 18.7 Å². The number of methoxy groups -OCH3 is 1. The number of esters is 1. The summed E-state index contributed by atoms with van der Waals surface area (Å²) in [7, 11) is 1.62. The molecule has 3 heterocycles. The lowest BCUT2D eigenvalue weighted by Gasteiger charge is -2.07. The van der Waals surface area contributed by atoms with Crippen molar-refractivity contribution in [2.24, 2.45) is 0 Å². The number of ether oxygens (including phenoxy) is 2. The van der Waals surface area contributed by atoms with E-state index in [1.54, 1.807) is 20.3 Å². The van der Waals surface area contributed by atoms with E-state index in [2.05, 4.69) is 0 Å². The zero-order valence-electron chi connectivity index (χ0n) is 15.4. The number of fused-ring (bicyclic) bond motifs is 1. The number of nitrogen functional groups attached to an aromatic ring is 1. The lowest BCUT2D eigenvalue weighted by Crippen LogP contribution is -2.04. The van der Waals surface area contributed by atoms with Crippen LogP contribution in [0.25, 0.3) is 32.8 Å². The highest BCUT2D eigenvalue weighted by Gasteiger charge is 2.23. The van der Waals surface area contributed by atoms with Crippen LogP contribution < -0.4 is 10.5 Å². The Hall–Kier alpha value is -3.32. The van der Waals surface area contributed by atoms with Crippen molar-refractivity contribution in [2.75, 3.05) is 19.5 Å². The summed E-state index contributed by atoms with van der Waals surface area (Å²) in [4.78, 5) is 18.0. The van der Waals surface area contributed by atoms with E-state index in [1.807, 2.05) is 42.5 Å². The van der Waals surface area contributed by atoms with E-state index in [9.17, 15) is 4.79 Å². The Balaban J connectivity index is 1.94. The van der Waals surface area contributed by atoms with E-state index in [0.717, 1.165) is 22.6 Å². The van der Waals surface area contributed by atoms with E-state index in [-0.39, 0.29) is 6.61 Å². The first-order valence-corrected chi connectivity index (χ1v) is 9.52. The molecule has 0 bridgehead atoms. The minimum atomic E-state index is -0.445. The van der Waals surface area contributed by atoms with Gasteiger partial charge in [0.05, 0.1) is 31.4 Å². The number of aromatic nitrogens is 1. The SMILES string of the molecule is CCOC(=O)c1sc2nc(-c3ccc(OC)cc3)cc(-c3ccco3)c2c1N. The van der Waals surface area contributed by atoms with E-state index in [4.69, 9.17) is 24.6 Å². The van der Waals surface area contributed by atoms with Gasteiger partial charge in [-0.1, -0.05) is 0 Å². The van der Waals surface area contributed by atoms with Crippen LogP contribution >= 0.6 is 11.3 Å². The summed E-state index contributed by atoms with van der Waals surface area (Å²) >= 11 is 1.22. The van der Waals surface area contributed by atoms with Gasteiger partial charge in [0.25, 0.3) is 0 Å². The third-order valence-corrected chi connectivity index (χ3v) is 5.41. The summed E-state index contributed by atoms with van der Waals surface area (Å²) in [6, 6.07) is 13.2. The molecule has 4 aromatic rings. The number of carbonyl (C=O) groups is 1. The van der Waals surface area contributed by atoms with Crippen molar-refractivity contribution in [3.8, 4) is 28.3 Å². The average Bonchev–Trinajstić information content (AvgIpc) is 3.36. The Kier molecular flexibility index (Phi) is 4.75. The minimum Gasteiger partial charge on any atom is -0.497 e. The first kappa shape index (κ1) is 18.1. The fourth-order valence-corrected chi connectivity index (χ4v) is 4.02. The Bertz CT molecular complexity index is 1130. The van der Waals surface area contributed by atoms with Crippen molar-refractivity contribution >= 4 is 33.2 Å².